The number of halogens is 3. The molecule has 32 heavy (non-hydrogen) atoms. The Balaban J connectivity index is 1.52. The molecule has 0 bridgehead atoms. The molecule has 1 saturated heterocycles. The minimum Gasteiger partial charge on any atom is -0.379 e. The zero-order valence-electron chi connectivity index (χ0n) is 17.2. The molecule has 1 atom stereocenters. The predicted molar refractivity (Wildman–Crippen MR) is 113 cm³/mol. The van der Waals surface area contributed by atoms with Gasteiger partial charge in [0.15, 0.2) is 0 Å². The molecule has 3 aromatic rings. The molecule has 0 saturated carbocycles. The lowest BCUT2D eigenvalue weighted by Crippen LogP contribution is -2.43. The van der Waals surface area contributed by atoms with Gasteiger partial charge in [-0.3, -0.25) is 14.8 Å². The van der Waals surface area contributed by atoms with Crippen molar-refractivity contribution in [2.75, 3.05) is 32.8 Å². The number of hydrogen-bond acceptors (Lipinski definition) is 4. The number of H-pyrrole nitrogens is 1. The van der Waals surface area contributed by atoms with Gasteiger partial charge in [0.05, 0.1) is 42.3 Å². The molecule has 1 fully saturated rings. The van der Waals surface area contributed by atoms with E-state index in [2.05, 4.69) is 20.4 Å². The summed E-state index contributed by atoms with van der Waals surface area (Å²) in [7, 11) is 0. The van der Waals surface area contributed by atoms with Crippen molar-refractivity contribution in [3.8, 4) is 11.3 Å². The molecule has 2 heterocycles. The number of hydrogen-bond donors (Lipinski definition) is 2. The van der Waals surface area contributed by atoms with Crippen molar-refractivity contribution in [3.05, 3.63) is 77.5 Å². The van der Waals surface area contributed by atoms with Crippen LogP contribution in [0.3, 0.4) is 0 Å². The SMILES string of the molecule is O=C(NCC(c1ccc(C(F)(F)F)cc1)N1CCOCC1)c1cn[nH]c1-c1ccccc1. The second-order valence-corrected chi connectivity index (χ2v) is 7.52. The molecule has 168 valence electrons. The summed E-state index contributed by atoms with van der Waals surface area (Å²) < 4.78 is 44.3. The van der Waals surface area contributed by atoms with Crippen LogP contribution < -0.4 is 5.32 Å². The molecule has 9 heteroatoms. The highest BCUT2D eigenvalue weighted by Gasteiger charge is 2.31. The van der Waals surface area contributed by atoms with Crippen LogP contribution in [-0.4, -0.2) is 53.9 Å². The number of nitrogens with one attached hydrogen (secondary N) is 2. The van der Waals surface area contributed by atoms with Crippen molar-refractivity contribution < 1.29 is 22.7 Å². The highest BCUT2D eigenvalue weighted by molar-refractivity contribution is 5.99. The Labute approximate surface area is 183 Å². The number of aromatic amines is 1. The molecule has 4 rings (SSSR count). The van der Waals surface area contributed by atoms with Gasteiger partial charge in [-0.25, -0.2) is 0 Å². The number of benzene rings is 2. The second-order valence-electron chi connectivity index (χ2n) is 7.52. The van der Waals surface area contributed by atoms with E-state index in [0.717, 1.165) is 17.7 Å². The van der Waals surface area contributed by atoms with E-state index in [4.69, 9.17) is 4.74 Å². The third-order valence-electron chi connectivity index (χ3n) is 5.51. The maximum absolute atomic E-state index is 13.0. The van der Waals surface area contributed by atoms with Gasteiger partial charge in [0.2, 0.25) is 0 Å². The van der Waals surface area contributed by atoms with E-state index < -0.39 is 11.7 Å². The number of aromatic nitrogens is 2. The zero-order valence-corrected chi connectivity index (χ0v) is 17.2. The molecule has 0 aliphatic carbocycles. The lowest BCUT2D eigenvalue weighted by atomic mass is 10.0. The summed E-state index contributed by atoms with van der Waals surface area (Å²) in [5.41, 5.74) is 1.86. The topological polar surface area (TPSA) is 70.2 Å². The van der Waals surface area contributed by atoms with Crippen molar-refractivity contribution in [1.82, 2.24) is 20.4 Å². The highest BCUT2D eigenvalue weighted by atomic mass is 19.4. The summed E-state index contributed by atoms with van der Waals surface area (Å²) in [5.74, 6) is -0.303. The molecule has 1 unspecified atom stereocenters. The van der Waals surface area contributed by atoms with Gasteiger partial charge >= 0.3 is 6.18 Å². The predicted octanol–water partition coefficient (Wildman–Crippen LogP) is 3.90. The average molecular weight is 444 g/mol. The van der Waals surface area contributed by atoms with Gasteiger partial charge in [-0.1, -0.05) is 42.5 Å². The second kappa shape index (κ2) is 9.54. The quantitative estimate of drug-likeness (QED) is 0.605. The molecule has 1 amide bonds. The van der Waals surface area contributed by atoms with Gasteiger partial charge in [0.25, 0.3) is 5.91 Å². The normalized spacial score (nSPS) is 16.0. The van der Waals surface area contributed by atoms with Gasteiger partial charge < -0.3 is 10.1 Å². The van der Waals surface area contributed by atoms with Crippen LogP contribution in [0.5, 0.6) is 0 Å². The Hall–Kier alpha value is -3.17. The van der Waals surface area contributed by atoms with Crippen LogP contribution in [0.1, 0.15) is 27.5 Å². The molecular weight excluding hydrogens is 421 g/mol. The molecule has 0 spiro atoms. The fourth-order valence-corrected chi connectivity index (χ4v) is 3.81. The maximum Gasteiger partial charge on any atom is 0.416 e. The van der Waals surface area contributed by atoms with Crippen molar-refractivity contribution in [3.63, 3.8) is 0 Å². The molecule has 6 nitrogen and oxygen atoms in total. The Bertz CT molecular complexity index is 1030. The van der Waals surface area contributed by atoms with Crippen LogP contribution in [-0.2, 0) is 10.9 Å². The number of ether oxygens (including phenoxy) is 1. The lowest BCUT2D eigenvalue weighted by molar-refractivity contribution is -0.137. The van der Waals surface area contributed by atoms with E-state index in [1.165, 1.54) is 18.3 Å². The van der Waals surface area contributed by atoms with Gasteiger partial charge in [-0.15, -0.1) is 0 Å². The number of alkyl halides is 3. The number of nitrogens with zero attached hydrogens (tertiary/aromatic N) is 2. The first-order valence-corrected chi connectivity index (χ1v) is 10.3. The van der Waals surface area contributed by atoms with Crippen LogP contribution in [0.4, 0.5) is 13.2 Å². The van der Waals surface area contributed by atoms with Crippen LogP contribution >= 0.6 is 0 Å². The first kappa shape index (κ1) is 22.0. The maximum atomic E-state index is 13.0. The van der Waals surface area contributed by atoms with E-state index in [0.29, 0.717) is 43.1 Å². The molecule has 0 radical (unpaired) electrons. The molecule has 2 aromatic carbocycles. The number of carbonyl (C=O) groups excluding carboxylic acids is 1. The van der Waals surface area contributed by atoms with Gasteiger partial charge in [-0.2, -0.15) is 18.3 Å². The van der Waals surface area contributed by atoms with Crippen molar-refractivity contribution >= 4 is 5.91 Å². The van der Waals surface area contributed by atoms with Crippen LogP contribution in [0.25, 0.3) is 11.3 Å². The summed E-state index contributed by atoms with van der Waals surface area (Å²) in [5, 5.41) is 9.80. The van der Waals surface area contributed by atoms with E-state index in [9.17, 15) is 18.0 Å². The van der Waals surface area contributed by atoms with Crippen LogP contribution in [0.2, 0.25) is 0 Å². The summed E-state index contributed by atoms with van der Waals surface area (Å²) in [6, 6.07) is 14.2. The highest BCUT2D eigenvalue weighted by Crippen LogP contribution is 2.31. The summed E-state index contributed by atoms with van der Waals surface area (Å²) in [6.45, 7) is 2.56. The molecule has 1 aliphatic rings. The number of amides is 1. The summed E-state index contributed by atoms with van der Waals surface area (Å²) in [6.07, 6.45) is -2.92. The minimum absolute atomic E-state index is 0.240. The van der Waals surface area contributed by atoms with Crippen LogP contribution in [0, 0.1) is 0 Å². The Morgan fingerprint density at radius 2 is 1.78 bits per heavy atom. The minimum atomic E-state index is -4.39. The average Bonchev–Trinajstić information content (AvgIpc) is 3.30. The third-order valence-corrected chi connectivity index (χ3v) is 5.51. The molecule has 1 aromatic heterocycles. The van der Waals surface area contributed by atoms with E-state index in [1.54, 1.807) is 0 Å². The number of morpholine rings is 1. The molecule has 1 aliphatic heterocycles. The largest absolute Gasteiger partial charge is 0.416 e. The van der Waals surface area contributed by atoms with E-state index in [-0.39, 0.29) is 18.5 Å². The first-order chi connectivity index (χ1) is 15.4. The summed E-state index contributed by atoms with van der Waals surface area (Å²) >= 11 is 0. The van der Waals surface area contributed by atoms with Gasteiger partial charge in [-0.05, 0) is 17.7 Å². The standard InChI is InChI=1S/C23H23F3N4O2/c24-23(25,26)18-8-6-16(7-9-18)20(30-10-12-32-13-11-30)15-27-22(31)19-14-28-29-21(19)17-4-2-1-3-5-17/h1-9,14,20H,10-13,15H2,(H,27,31)(H,28,29). The van der Waals surface area contributed by atoms with Gasteiger partial charge in [0.1, 0.15) is 0 Å². The van der Waals surface area contributed by atoms with Crippen molar-refractivity contribution in [1.29, 1.82) is 0 Å². The number of rotatable bonds is 6. The third kappa shape index (κ3) is 5.00. The number of carbonyl (C=O) groups is 1. The van der Waals surface area contributed by atoms with E-state index in [1.807, 2.05) is 30.3 Å². The van der Waals surface area contributed by atoms with Gasteiger partial charge in [0, 0.05) is 25.2 Å². The fraction of sp³-hybridized carbons (Fsp3) is 0.304. The fourth-order valence-electron chi connectivity index (χ4n) is 3.81. The summed E-state index contributed by atoms with van der Waals surface area (Å²) in [4.78, 5) is 15.1. The van der Waals surface area contributed by atoms with Crippen LogP contribution in [0.15, 0.2) is 60.8 Å². The zero-order chi connectivity index (χ0) is 22.6. The van der Waals surface area contributed by atoms with E-state index >= 15 is 0 Å². The Kier molecular flexibility index (Phi) is 6.57. The monoisotopic (exact) mass is 444 g/mol. The Morgan fingerprint density at radius 3 is 2.44 bits per heavy atom. The smallest absolute Gasteiger partial charge is 0.379 e. The first-order valence-electron chi connectivity index (χ1n) is 10.3. The Morgan fingerprint density at radius 1 is 1.09 bits per heavy atom. The lowest BCUT2D eigenvalue weighted by Gasteiger charge is -2.35. The molecule has 2 N–H and O–H groups in total. The molecular formula is C23H23F3N4O2. The van der Waals surface area contributed by atoms with Crippen molar-refractivity contribution in [2.24, 2.45) is 0 Å². The van der Waals surface area contributed by atoms with Crippen molar-refractivity contribution in [2.45, 2.75) is 12.2 Å².